The fourth-order valence-corrected chi connectivity index (χ4v) is 3.81. The Morgan fingerprint density at radius 2 is 2.29 bits per heavy atom. The molecular weight excluding hydrogens is 214 g/mol. The molecule has 0 radical (unpaired) electrons. The van der Waals surface area contributed by atoms with Gasteiger partial charge in [-0.2, -0.15) is 0 Å². The Labute approximate surface area is 101 Å². The Bertz CT molecular complexity index is 424. The first-order valence-corrected chi connectivity index (χ1v) is 6.46. The van der Waals surface area contributed by atoms with Gasteiger partial charge in [0, 0.05) is 0 Å². The van der Waals surface area contributed by atoms with Crippen LogP contribution in [0.15, 0.2) is 23.3 Å². The number of carboxylic acid groups (broad SMARTS) is 1. The van der Waals surface area contributed by atoms with Crippen LogP contribution in [0.5, 0.6) is 0 Å². The van der Waals surface area contributed by atoms with Gasteiger partial charge in [0.1, 0.15) is 0 Å². The Kier molecular flexibility index (Phi) is 2.40. The van der Waals surface area contributed by atoms with Crippen molar-refractivity contribution in [2.75, 3.05) is 6.54 Å². The van der Waals surface area contributed by atoms with Gasteiger partial charge in [-0.25, -0.2) is 0 Å². The molecule has 3 aliphatic rings. The van der Waals surface area contributed by atoms with Crippen LogP contribution in [0.2, 0.25) is 0 Å². The van der Waals surface area contributed by atoms with Gasteiger partial charge in [0.15, 0.2) is 0 Å². The molecule has 3 rings (SSSR count). The highest BCUT2D eigenvalue weighted by molar-refractivity contribution is 5.68. The second-order valence-electron chi connectivity index (χ2n) is 5.79. The van der Waals surface area contributed by atoms with E-state index in [9.17, 15) is 4.79 Å². The van der Waals surface area contributed by atoms with Gasteiger partial charge < -0.3 is 10.8 Å². The molecule has 3 heteroatoms. The quantitative estimate of drug-likeness (QED) is 0.781. The van der Waals surface area contributed by atoms with Crippen LogP contribution in [0.1, 0.15) is 32.1 Å². The molecule has 0 aliphatic heterocycles. The van der Waals surface area contributed by atoms with E-state index in [0.29, 0.717) is 18.4 Å². The lowest BCUT2D eigenvalue weighted by Gasteiger charge is -2.51. The minimum atomic E-state index is -0.710. The second kappa shape index (κ2) is 3.70. The molecule has 0 aromatic rings. The molecule has 3 nitrogen and oxygen atoms in total. The van der Waals surface area contributed by atoms with Crippen LogP contribution >= 0.6 is 0 Å². The molecule has 0 spiro atoms. The molecule has 0 heterocycles. The summed E-state index contributed by atoms with van der Waals surface area (Å²) >= 11 is 0. The van der Waals surface area contributed by atoms with Crippen LogP contribution in [0.3, 0.4) is 0 Å². The Balaban J connectivity index is 1.79. The molecule has 17 heavy (non-hydrogen) atoms. The molecule has 3 atom stereocenters. The number of rotatable bonds is 4. The average Bonchev–Trinajstić information content (AvgIpc) is 2.51. The normalized spacial score (nSPS) is 38.6. The number of aliphatic carboxylic acids is 1. The predicted molar refractivity (Wildman–Crippen MR) is 65.4 cm³/mol. The highest BCUT2D eigenvalue weighted by Gasteiger charge is 2.55. The van der Waals surface area contributed by atoms with Crippen molar-refractivity contribution in [2.24, 2.45) is 23.0 Å². The largest absolute Gasteiger partial charge is 0.481 e. The topological polar surface area (TPSA) is 63.3 Å². The maximum absolute atomic E-state index is 11.0. The van der Waals surface area contributed by atoms with E-state index < -0.39 is 5.97 Å². The standard InChI is InChI=1S/C14H19NO2/c15-8-14(7-13(16)17)6-11-4-10(5-12(11)14)9-2-1-3-9/h2,5,11-12H,1,3-4,6-8,15H2,(H,16,17)/t11-,12-,14-/m1/s1. The predicted octanol–water partition coefficient (Wildman–Crippen LogP) is 2.09. The molecule has 0 amide bonds. The van der Waals surface area contributed by atoms with Crippen LogP contribution < -0.4 is 5.73 Å². The van der Waals surface area contributed by atoms with E-state index in [2.05, 4.69) is 12.2 Å². The van der Waals surface area contributed by atoms with Gasteiger partial charge in [-0.3, -0.25) is 4.79 Å². The molecule has 1 fully saturated rings. The summed E-state index contributed by atoms with van der Waals surface area (Å²) in [6.45, 7) is 0.503. The van der Waals surface area contributed by atoms with Gasteiger partial charge in [-0.1, -0.05) is 12.2 Å². The van der Waals surface area contributed by atoms with Crippen molar-refractivity contribution in [2.45, 2.75) is 32.1 Å². The van der Waals surface area contributed by atoms with Gasteiger partial charge >= 0.3 is 5.97 Å². The highest BCUT2D eigenvalue weighted by Crippen LogP contribution is 2.60. The summed E-state index contributed by atoms with van der Waals surface area (Å²) in [6, 6.07) is 0. The summed E-state index contributed by atoms with van der Waals surface area (Å²) in [5, 5.41) is 9.01. The van der Waals surface area contributed by atoms with Crippen molar-refractivity contribution in [3.63, 3.8) is 0 Å². The summed E-state index contributed by atoms with van der Waals surface area (Å²) in [5.74, 6) is 0.369. The zero-order valence-corrected chi connectivity index (χ0v) is 9.98. The van der Waals surface area contributed by atoms with Crippen LogP contribution in [0.25, 0.3) is 0 Å². The first-order chi connectivity index (χ1) is 8.14. The van der Waals surface area contributed by atoms with E-state index in [4.69, 9.17) is 10.8 Å². The molecule has 3 aliphatic carbocycles. The summed E-state index contributed by atoms with van der Waals surface area (Å²) in [4.78, 5) is 11.0. The monoisotopic (exact) mass is 233 g/mol. The molecular formula is C14H19NO2. The van der Waals surface area contributed by atoms with E-state index in [-0.39, 0.29) is 11.8 Å². The SMILES string of the molecule is NC[C@]1(CC(=O)O)C[C@H]2CC(C3=CCC3)=C[C@H]21. The Hall–Kier alpha value is -1.09. The molecule has 92 valence electrons. The maximum Gasteiger partial charge on any atom is 0.303 e. The third-order valence-electron chi connectivity index (χ3n) is 4.87. The first-order valence-electron chi connectivity index (χ1n) is 6.46. The lowest BCUT2D eigenvalue weighted by Crippen LogP contribution is -2.51. The third kappa shape index (κ3) is 1.56. The van der Waals surface area contributed by atoms with Crippen LogP contribution in [-0.4, -0.2) is 17.6 Å². The van der Waals surface area contributed by atoms with Crippen molar-refractivity contribution in [1.82, 2.24) is 0 Å². The molecule has 0 aromatic carbocycles. The van der Waals surface area contributed by atoms with Gasteiger partial charge in [-0.05, 0) is 60.6 Å². The fourth-order valence-electron chi connectivity index (χ4n) is 3.81. The summed E-state index contributed by atoms with van der Waals surface area (Å²) in [5.41, 5.74) is 8.66. The maximum atomic E-state index is 11.0. The molecule has 0 unspecified atom stereocenters. The average molecular weight is 233 g/mol. The van der Waals surface area contributed by atoms with Crippen molar-refractivity contribution in [1.29, 1.82) is 0 Å². The van der Waals surface area contributed by atoms with Gasteiger partial charge in [0.25, 0.3) is 0 Å². The minimum absolute atomic E-state index is 0.150. The lowest BCUT2D eigenvalue weighted by molar-refractivity contribution is -0.144. The van der Waals surface area contributed by atoms with Crippen molar-refractivity contribution in [3.8, 4) is 0 Å². The zero-order chi connectivity index (χ0) is 12.0. The number of nitrogens with two attached hydrogens (primary N) is 1. The summed E-state index contributed by atoms with van der Waals surface area (Å²) < 4.78 is 0. The molecule has 1 saturated carbocycles. The fraction of sp³-hybridized carbons (Fsp3) is 0.643. The van der Waals surface area contributed by atoms with Crippen LogP contribution in [0, 0.1) is 17.3 Å². The van der Waals surface area contributed by atoms with Crippen LogP contribution in [-0.2, 0) is 4.79 Å². The van der Waals surface area contributed by atoms with E-state index in [0.717, 1.165) is 12.8 Å². The molecule has 0 bridgehead atoms. The second-order valence-corrected chi connectivity index (χ2v) is 5.79. The van der Waals surface area contributed by atoms with Gasteiger partial charge in [0.2, 0.25) is 0 Å². The lowest BCUT2D eigenvalue weighted by atomic mass is 9.53. The smallest absolute Gasteiger partial charge is 0.303 e. The number of carboxylic acids is 1. The number of allylic oxidation sites excluding steroid dienone is 4. The van der Waals surface area contributed by atoms with Gasteiger partial charge in [0.05, 0.1) is 6.42 Å². The number of hydrogen-bond acceptors (Lipinski definition) is 2. The third-order valence-corrected chi connectivity index (χ3v) is 4.87. The van der Waals surface area contributed by atoms with Crippen molar-refractivity contribution < 1.29 is 9.90 Å². The Morgan fingerprint density at radius 3 is 2.82 bits per heavy atom. The summed E-state index contributed by atoms with van der Waals surface area (Å²) in [6.07, 6.45) is 9.42. The van der Waals surface area contributed by atoms with E-state index in [1.54, 1.807) is 0 Å². The van der Waals surface area contributed by atoms with E-state index in [1.807, 2.05) is 0 Å². The number of fused-ring (bicyclic) bond motifs is 1. The van der Waals surface area contributed by atoms with Crippen LogP contribution in [0.4, 0.5) is 0 Å². The summed E-state index contributed by atoms with van der Waals surface area (Å²) in [7, 11) is 0. The highest BCUT2D eigenvalue weighted by atomic mass is 16.4. The van der Waals surface area contributed by atoms with Crippen molar-refractivity contribution in [3.05, 3.63) is 23.3 Å². The first kappa shape index (κ1) is 11.0. The minimum Gasteiger partial charge on any atom is -0.481 e. The molecule has 0 aromatic heterocycles. The Morgan fingerprint density at radius 1 is 1.53 bits per heavy atom. The molecule has 3 N–H and O–H groups in total. The van der Waals surface area contributed by atoms with E-state index >= 15 is 0 Å². The van der Waals surface area contributed by atoms with Crippen molar-refractivity contribution >= 4 is 5.97 Å². The molecule has 0 saturated heterocycles. The number of hydrogen-bond donors (Lipinski definition) is 2. The van der Waals surface area contributed by atoms with E-state index in [1.165, 1.54) is 24.0 Å². The number of carbonyl (C=O) groups is 1. The van der Waals surface area contributed by atoms with Gasteiger partial charge in [-0.15, -0.1) is 0 Å². The zero-order valence-electron chi connectivity index (χ0n) is 9.98.